The molecule has 0 aromatic heterocycles. The molecule has 106 valence electrons. The smallest absolute Gasteiger partial charge is 0.120 e. The van der Waals surface area contributed by atoms with Crippen LogP contribution in [0.1, 0.15) is 38.7 Å². The normalized spacial score (nSPS) is 19.9. The molecule has 1 fully saturated rings. The number of ether oxygens (including phenoxy) is 1. The van der Waals surface area contributed by atoms with E-state index in [0.717, 1.165) is 30.9 Å². The molecule has 0 unspecified atom stereocenters. The Bertz CT molecular complexity index is 429. The van der Waals surface area contributed by atoms with Crippen molar-refractivity contribution in [2.45, 2.75) is 39.7 Å². The van der Waals surface area contributed by atoms with Gasteiger partial charge in [0.15, 0.2) is 0 Å². The number of phenolic OH excluding ortho intramolecular Hbond substituents is 1. The minimum Gasteiger partial charge on any atom is -0.508 e. The van der Waals surface area contributed by atoms with Crippen molar-refractivity contribution in [2.24, 2.45) is 5.41 Å². The highest BCUT2D eigenvalue weighted by atomic mass is 16.5. The summed E-state index contributed by atoms with van der Waals surface area (Å²) in [4.78, 5) is 2.43. The number of benzene rings is 1. The Balaban J connectivity index is 2.04. The SMILES string of the molecule is COc1ccc(O)c(CN2CCCC(C)(C)CC2)c1. The van der Waals surface area contributed by atoms with Crippen molar-refractivity contribution in [1.29, 1.82) is 0 Å². The van der Waals surface area contributed by atoms with E-state index in [2.05, 4.69) is 18.7 Å². The fourth-order valence-electron chi connectivity index (χ4n) is 2.69. The maximum absolute atomic E-state index is 9.95. The Labute approximate surface area is 116 Å². The second-order valence-electron chi connectivity index (χ2n) is 6.29. The van der Waals surface area contributed by atoms with Gasteiger partial charge in [-0.05, 0) is 56.0 Å². The lowest BCUT2D eigenvalue weighted by Crippen LogP contribution is -2.25. The summed E-state index contributed by atoms with van der Waals surface area (Å²) in [5.41, 5.74) is 1.41. The van der Waals surface area contributed by atoms with Crippen molar-refractivity contribution in [1.82, 2.24) is 4.90 Å². The lowest BCUT2D eigenvalue weighted by Gasteiger charge is -2.23. The van der Waals surface area contributed by atoms with Crippen molar-refractivity contribution in [3.05, 3.63) is 23.8 Å². The Morgan fingerprint density at radius 3 is 2.79 bits per heavy atom. The second-order valence-corrected chi connectivity index (χ2v) is 6.29. The summed E-state index contributed by atoms with van der Waals surface area (Å²) in [5, 5.41) is 9.95. The van der Waals surface area contributed by atoms with Crippen LogP contribution in [0, 0.1) is 5.41 Å². The second kappa shape index (κ2) is 5.83. The highest BCUT2D eigenvalue weighted by Crippen LogP contribution is 2.31. The summed E-state index contributed by atoms with van der Waals surface area (Å²) >= 11 is 0. The van der Waals surface area contributed by atoms with Gasteiger partial charge in [-0.15, -0.1) is 0 Å². The van der Waals surface area contributed by atoms with Crippen LogP contribution in [0.5, 0.6) is 11.5 Å². The lowest BCUT2D eigenvalue weighted by molar-refractivity contribution is 0.253. The lowest BCUT2D eigenvalue weighted by atomic mass is 9.85. The molecule has 0 aliphatic carbocycles. The molecule has 2 rings (SSSR count). The zero-order valence-corrected chi connectivity index (χ0v) is 12.3. The maximum Gasteiger partial charge on any atom is 0.120 e. The Kier molecular flexibility index (Phi) is 4.35. The third-order valence-corrected chi connectivity index (χ3v) is 4.11. The minimum atomic E-state index is 0.365. The van der Waals surface area contributed by atoms with Crippen LogP contribution in [0.3, 0.4) is 0 Å². The predicted octanol–water partition coefficient (Wildman–Crippen LogP) is 3.41. The molecular weight excluding hydrogens is 238 g/mol. The summed E-state index contributed by atoms with van der Waals surface area (Å²) < 4.78 is 5.23. The first kappa shape index (κ1) is 14.2. The molecular formula is C16H25NO2. The third-order valence-electron chi connectivity index (χ3n) is 4.11. The number of nitrogens with zero attached hydrogens (tertiary/aromatic N) is 1. The summed E-state index contributed by atoms with van der Waals surface area (Å²) in [7, 11) is 1.66. The van der Waals surface area contributed by atoms with Gasteiger partial charge in [-0.1, -0.05) is 13.8 Å². The first-order chi connectivity index (χ1) is 9.00. The molecule has 0 amide bonds. The van der Waals surface area contributed by atoms with Gasteiger partial charge in [0.1, 0.15) is 11.5 Å². The van der Waals surface area contributed by atoms with Gasteiger partial charge in [0, 0.05) is 12.1 Å². The summed E-state index contributed by atoms with van der Waals surface area (Å²) in [6, 6.07) is 5.45. The van der Waals surface area contributed by atoms with Gasteiger partial charge in [0.05, 0.1) is 7.11 Å². The number of aromatic hydroxyl groups is 1. The van der Waals surface area contributed by atoms with Crippen LogP contribution < -0.4 is 4.74 Å². The van der Waals surface area contributed by atoms with Gasteiger partial charge in [-0.3, -0.25) is 4.90 Å². The van der Waals surface area contributed by atoms with Crippen molar-refractivity contribution < 1.29 is 9.84 Å². The molecule has 0 radical (unpaired) electrons. The number of methoxy groups -OCH3 is 1. The highest BCUT2D eigenvalue weighted by molar-refractivity contribution is 5.39. The molecule has 3 heteroatoms. The van der Waals surface area contributed by atoms with Crippen LogP contribution in [0.25, 0.3) is 0 Å². The number of rotatable bonds is 3. The van der Waals surface area contributed by atoms with E-state index < -0.39 is 0 Å². The Morgan fingerprint density at radius 1 is 1.26 bits per heavy atom. The fraction of sp³-hybridized carbons (Fsp3) is 0.625. The van der Waals surface area contributed by atoms with Crippen LogP contribution in [0.2, 0.25) is 0 Å². The van der Waals surface area contributed by atoms with Gasteiger partial charge in [-0.2, -0.15) is 0 Å². The molecule has 0 spiro atoms. The molecule has 1 N–H and O–H groups in total. The van der Waals surface area contributed by atoms with Gasteiger partial charge in [0.2, 0.25) is 0 Å². The molecule has 0 saturated carbocycles. The van der Waals surface area contributed by atoms with Crippen LogP contribution in [0.15, 0.2) is 18.2 Å². The van der Waals surface area contributed by atoms with E-state index in [1.54, 1.807) is 19.2 Å². The highest BCUT2D eigenvalue weighted by Gasteiger charge is 2.23. The average molecular weight is 263 g/mol. The molecule has 0 atom stereocenters. The van der Waals surface area contributed by atoms with Crippen LogP contribution in [0.4, 0.5) is 0 Å². The van der Waals surface area contributed by atoms with Crippen molar-refractivity contribution in [2.75, 3.05) is 20.2 Å². The minimum absolute atomic E-state index is 0.365. The first-order valence-corrected chi connectivity index (χ1v) is 7.08. The molecule has 1 aromatic carbocycles. The average Bonchev–Trinajstić information content (AvgIpc) is 2.54. The van der Waals surface area contributed by atoms with Gasteiger partial charge in [-0.25, -0.2) is 0 Å². The molecule has 1 saturated heterocycles. The third kappa shape index (κ3) is 3.87. The largest absolute Gasteiger partial charge is 0.508 e. The molecule has 1 heterocycles. The van der Waals surface area contributed by atoms with Crippen LogP contribution in [-0.2, 0) is 6.54 Å². The van der Waals surface area contributed by atoms with Crippen molar-refractivity contribution >= 4 is 0 Å². The number of phenols is 1. The van der Waals surface area contributed by atoms with E-state index in [0.29, 0.717) is 11.2 Å². The molecule has 1 aromatic rings. The summed E-state index contributed by atoms with van der Waals surface area (Å²) in [6.45, 7) is 7.71. The van der Waals surface area contributed by atoms with E-state index in [1.807, 2.05) is 6.07 Å². The van der Waals surface area contributed by atoms with E-state index in [9.17, 15) is 5.11 Å². The standard InChI is InChI=1S/C16H25NO2/c1-16(2)7-4-9-17(10-8-16)12-13-11-14(19-3)5-6-15(13)18/h5-6,11,18H,4,7-10,12H2,1-3H3. The Morgan fingerprint density at radius 2 is 2.05 bits per heavy atom. The zero-order valence-electron chi connectivity index (χ0n) is 12.3. The molecule has 1 aliphatic heterocycles. The predicted molar refractivity (Wildman–Crippen MR) is 77.6 cm³/mol. The summed E-state index contributed by atoms with van der Waals surface area (Å²) in [6.07, 6.45) is 3.74. The van der Waals surface area contributed by atoms with Gasteiger partial charge >= 0.3 is 0 Å². The number of hydrogen-bond donors (Lipinski definition) is 1. The van der Waals surface area contributed by atoms with Crippen molar-refractivity contribution in [3.63, 3.8) is 0 Å². The maximum atomic E-state index is 9.95. The van der Waals surface area contributed by atoms with Crippen molar-refractivity contribution in [3.8, 4) is 11.5 Å². The topological polar surface area (TPSA) is 32.7 Å². The van der Waals surface area contributed by atoms with Gasteiger partial charge < -0.3 is 9.84 Å². The summed E-state index contributed by atoms with van der Waals surface area (Å²) in [5.74, 6) is 1.17. The van der Waals surface area contributed by atoms with Gasteiger partial charge in [0.25, 0.3) is 0 Å². The van der Waals surface area contributed by atoms with E-state index >= 15 is 0 Å². The van der Waals surface area contributed by atoms with E-state index in [4.69, 9.17) is 4.74 Å². The van der Waals surface area contributed by atoms with Crippen LogP contribution >= 0.6 is 0 Å². The zero-order chi connectivity index (χ0) is 13.9. The number of likely N-dealkylation sites (tertiary alicyclic amines) is 1. The quantitative estimate of drug-likeness (QED) is 0.907. The Hall–Kier alpha value is -1.22. The molecule has 19 heavy (non-hydrogen) atoms. The fourth-order valence-corrected chi connectivity index (χ4v) is 2.69. The van der Waals surface area contributed by atoms with E-state index in [-0.39, 0.29) is 0 Å². The first-order valence-electron chi connectivity index (χ1n) is 7.08. The van der Waals surface area contributed by atoms with E-state index in [1.165, 1.54) is 19.3 Å². The molecule has 0 bridgehead atoms. The van der Waals surface area contributed by atoms with Crippen LogP contribution in [-0.4, -0.2) is 30.2 Å². The molecule has 1 aliphatic rings. The number of hydrogen-bond acceptors (Lipinski definition) is 3. The molecule has 3 nitrogen and oxygen atoms in total. The monoisotopic (exact) mass is 263 g/mol.